The van der Waals surface area contributed by atoms with Crippen LogP contribution >= 0.6 is 0 Å². The van der Waals surface area contributed by atoms with Gasteiger partial charge in [-0.25, -0.2) is 9.97 Å². The molecule has 0 radical (unpaired) electrons. The predicted molar refractivity (Wildman–Crippen MR) is 452 cm³/mol. The van der Waals surface area contributed by atoms with Crippen molar-refractivity contribution in [2.45, 2.75) is 48.6 Å². The van der Waals surface area contributed by atoms with Crippen LogP contribution in [0, 0.1) is 6.92 Å². The lowest BCUT2D eigenvalue weighted by atomic mass is 9.95. The molecule has 6 aromatic heterocycles. The van der Waals surface area contributed by atoms with Gasteiger partial charge in [-0.05, 0) is 151 Å². The Kier molecular flexibility index (Phi) is 23.3. The molecule has 7 heterocycles. The average molecular weight is 1480 g/mol. The molecule has 18 heteroatoms. The third-order valence-corrected chi connectivity index (χ3v) is 20.7. The Morgan fingerprint density at radius 1 is 0.432 bits per heavy atom. The van der Waals surface area contributed by atoms with Crippen molar-refractivity contribution in [2.75, 3.05) is 80.8 Å². The first-order chi connectivity index (χ1) is 53.1. The maximum absolute atomic E-state index is 11.6. The minimum Gasteiger partial charge on any atom is -0.493 e. The fourth-order valence-electron chi connectivity index (χ4n) is 14.7. The number of rotatable bonds is 13. The SMILES string of the molecule is C.C.CC[N+](C)(CC)CCC[n+]1c(-c2ccccc2)c2cc(N)ccc2c2ccc(N)cc21.COc1cc2cc3c4cc(OC)c(OC)cc4cc[n+]3c(C)c2cc1OC.COc1ccc2ccccc2c1OC.O=C1NC(=O)c2cccc3cccc1c23.c1ccc2nc3c4cccnc4c4ncccc4c3nc2c1. The van der Waals surface area contributed by atoms with Crippen LogP contribution in [0.4, 0.5) is 11.4 Å². The summed E-state index contributed by atoms with van der Waals surface area (Å²) in [7, 11) is 12.3. The lowest BCUT2D eigenvalue weighted by Crippen LogP contribution is -2.46. The van der Waals surface area contributed by atoms with Crippen molar-refractivity contribution in [1.82, 2.24) is 25.3 Å². The zero-order valence-electron chi connectivity index (χ0n) is 62.7. The maximum atomic E-state index is 11.6. The predicted octanol–water partition coefficient (Wildman–Crippen LogP) is 18.8. The number of hydrogen-bond donors (Lipinski definition) is 3. The molecule has 0 aliphatic carbocycles. The van der Waals surface area contributed by atoms with Crippen molar-refractivity contribution in [3.8, 4) is 45.8 Å². The van der Waals surface area contributed by atoms with Crippen LogP contribution in [0.1, 0.15) is 61.5 Å². The number of nitrogens with two attached hydrogens (primary N) is 2. The van der Waals surface area contributed by atoms with Crippen molar-refractivity contribution in [1.29, 1.82) is 0 Å². The zero-order chi connectivity index (χ0) is 76.0. The Morgan fingerprint density at radius 3 is 1.56 bits per heavy atom. The van der Waals surface area contributed by atoms with Gasteiger partial charge in [0.2, 0.25) is 16.7 Å². The van der Waals surface area contributed by atoms with Gasteiger partial charge in [-0.3, -0.25) is 24.9 Å². The average Bonchev–Trinajstić information content (AvgIpc) is 0.755. The van der Waals surface area contributed by atoms with Gasteiger partial charge < -0.3 is 44.4 Å². The molecule has 18 rings (SSSR count). The van der Waals surface area contributed by atoms with Crippen molar-refractivity contribution in [3.63, 3.8) is 0 Å². The molecule has 18 nitrogen and oxygen atoms in total. The third-order valence-electron chi connectivity index (χ3n) is 20.7. The van der Waals surface area contributed by atoms with E-state index in [1.54, 1.807) is 67.2 Å². The lowest BCUT2D eigenvalue weighted by molar-refractivity contribution is -0.908. The van der Waals surface area contributed by atoms with Crippen molar-refractivity contribution in [3.05, 3.63) is 260 Å². The van der Waals surface area contributed by atoms with E-state index in [2.05, 4.69) is 131 Å². The molecule has 0 bridgehead atoms. The number of aromatic nitrogens is 6. The number of pyridine rings is 5. The summed E-state index contributed by atoms with van der Waals surface area (Å²) in [6, 6.07) is 74.2. The third kappa shape index (κ3) is 15.1. The topological polar surface area (TPSA) is 213 Å². The lowest BCUT2D eigenvalue weighted by Gasteiger charge is -2.31. The van der Waals surface area contributed by atoms with Gasteiger partial charge in [0, 0.05) is 92.5 Å². The minimum atomic E-state index is -0.315. The second kappa shape index (κ2) is 33.4. The first-order valence-electron chi connectivity index (χ1n) is 36.2. The molecule has 1 aliphatic rings. The number of nitrogens with one attached hydrogen (secondary N) is 1. The summed E-state index contributed by atoms with van der Waals surface area (Å²) in [6.45, 7) is 11.0. The Balaban J connectivity index is 0.000000132. The number of carbonyl (C=O) groups excluding carboxylic acids is 2. The Morgan fingerprint density at radius 2 is 0.964 bits per heavy atom. The van der Waals surface area contributed by atoms with Crippen molar-refractivity contribution >= 4 is 137 Å². The molecule has 17 aromatic rings. The molecule has 0 saturated carbocycles. The molecule has 0 unspecified atom stereocenters. The summed E-state index contributed by atoms with van der Waals surface area (Å²) >= 11 is 0. The number of ether oxygens (including phenoxy) is 6. The molecular formula is C93H93N10O8+3. The van der Waals surface area contributed by atoms with E-state index in [9.17, 15) is 9.59 Å². The molecule has 111 heavy (non-hydrogen) atoms. The van der Waals surface area contributed by atoms with Crippen LogP contribution in [0.15, 0.2) is 243 Å². The fraction of sp³-hybridized carbons (Fsp3) is 0.183. The summed E-state index contributed by atoms with van der Waals surface area (Å²) in [4.78, 5) is 41.8. The highest BCUT2D eigenvalue weighted by Gasteiger charge is 2.28. The summed E-state index contributed by atoms with van der Waals surface area (Å²) in [6.07, 6.45) is 6.75. The van der Waals surface area contributed by atoms with Gasteiger partial charge in [0.1, 0.15) is 0 Å². The van der Waals surface area contributed by atoms with Gasteiger partial charge in [-0.15, -0.1) is 0 Å². The largest absolute Gasteiger partial charge is 0.493 e. The Bertz CT molecular complexity index is 6230. The highest BCUT2D eigenvalue weighted by atomic mass is 16.5. The van der Waals surface area contributed by atoms with Gasteiger partial charge in [0.15, 0.2) is 52.9 Å². The van der Waals surface area contributed by atoms with E-state index in [1.165, 1.54) is 32.9 Å². The number of nitrogen functional groups attached to an aromatic ring is 2. The molecule has 11 aromatic carbocycles. The van der Waals surface area contributed by atoms with E-state index in [-0.39, 0.29) is 26.7 Å². The molecule has 560 valence electrons. The second-order valence-electron chi connectivity index (χ2n) is 26.9. The van der Waals surface area contributed by atoms with E-state index in [0.29, 0.717) is 22.6 Å². The van der Waals surface area contributed by atoms with Crippen molar-refractivity contribution in [2.24, 2.45) is 0 Å². The fourth-order valence-corrected chi connectivity index (χ4v) is 14.7. The summed E-state index contributed by atoms with van der Waals surface area (Å²) in [5.74, 6) is 3.81. The van der Waals surface area contributed by atoms with Gasteiger partial charge >= 0.3 is 0 Å². The Hall–Kier alpha value is -13.3. The number of aryl methyl sites for hydroxylation is 2. The van der Waals surface area contributed by atoms with E-state index in [4.69, 9.17) is 49.9 Å². The number of anilines is 2. The zero-order valence-corrected chi connectivity index (χ0v) is 62.7. The van der Waals surface area contributed by atoms with Crippen LogP contribution in [0.5, 0.6) is 34.5 Å². The van der Waals surface area contributed by atoms with Crippen LogP contribution in [-0.2, 0) is 6.54 Å². The molecule has 0 spiro atoms. The number of amides is 2. The van der Waals surface area contributed by atoms with Crippen LogP contribution in [0.2, 0.25) is 0 Å². The second-order valence-corrected chi connectivity index (χ2v) is 26.9. The number of para-hydroxylation sites is 2. The number of quaternary nitrogens is 1. The number of benzene rings is 11. The number of hydrogen-bond acceptors (Lipinski definition) is 14. The smallest absolute Gasteiger partial charge is 0.258 e. The molecule has 0 fully saturated rings. The van der Waals surface area contributed by atoms with Crippen LogP contribution in [-0.4, -0.2) is 106 Å². The number of nitrogens with zero attached hydrogens (tertiary/aromatic N) is 7. The van der Waals surface area contributed by atoms with E-state index in [1.807, 2.05) is 140 Å². The van der Waals surface area contributed by atoms with Crippen LogP contribution in [0.3, 0.4) is 0 Å². The monoisotopic (exact) mass is 1480 g/mol. The number of carbonyl (C=O) groups is 2. The first kappa shape index (κ1) is 77.3. The highest BCUT2D eigenvalue weighted by Crippen LogP contribution is 2.40. The molecule has 1 aliphatic heterocycles. The van der Waals surface area contributed by atoms with Gasteiger partial charge in [-0.2, -0.15) is 8.97 Å². The molecule has 2 amide bonds. The van der Waals surface area contributed by atoms with Crippen LogP contribution < -0.4 is 54.2 Å². The van der Waals surface area contributed by atoms with Crippen LogP contribution in [0.25, 0.3) is 125 Å². The highest BCUT2D eigenvalue weighted by molar-refractivity contribution is 6.26. The van der Waals surface area contributed by atoms with Gasteiger partial charge in [0.05, 0.1) is 130 Å². The van der Waals surface area contributed by atoms with E-state index in [0.717, 1.165) is 170 Å². The van der Waals surface area contributed by atoms with E-state index < -0.39 is 0 Å². The quantitative estimate of drug-likeness (QED) is 0.0245. The summed E-state index contributed by atoms with van der Waals surface area (Å²) in [5.41, 5.74) is 26.3. The maximum Gasteiger partial charge on any atom is 0.258 e. The van der Waals surface area contributed by atoms with Gasteiger partial charge in [-0.1, -0.05) is 106 Å². The Labute approximate surface area is 645 Å². The molecule has 5 N–H and O–H groups in total. The van der Waals surface area contributed by atoms with Gasteiger partial charge in [0.25, 0.3) is 11.8 Å². The summed E-state index contributed by atoms with van der Waals surface area (Å²) in [5, 5.41) is 16.2. The molecular weight excluding hydrogens is 1390 g/mol. The minimum absolute atomic E-state index is 0. The number of methoxy groups -OCH3 is 6. The van der Waals surface area contributed by atoms with E-state index >= 15 is 0 Å². The molecule has 0 saturated heterocycles. The standard InChI is InChI=1S/C27H33N4.C22H22NO4.C18H10N4.C12H7NO2.C12H12O2.2CH4/c1-4-31(3,5-2)17-9-16-30-26-19-22(29)13-15-24(26)23-14-12-21(28)18-25(23)27(30)20-10-7-6-8-11-20;1-13-16-11-21(26-4)20(25-3)10-15(16)8-18-17-12-22(27-5)19(24-2)9-14(17)6-7-23(13)18;1-2-8-14-13(7-1)21-17-11-5-3-9-19-15(11)16-12(18(17)22-14)6-4-10-20-16;14-11-8-5-1-3-7-4-2-6-9(10(7)8)12(15)13-11;1-13-11-8-7-9-5-3-4-6-10(9)12(11)14-2;;/h6-8,10-15,18-19,29H,4-5,9,16-17,28H2,1-3H3;6-12H,1-5H3;1-10H;1-6H,(H,13,14,15);3-8H,1-2H3;2*1H4/q2*+1;;;;;/p+1. The summed E-state index contributed by atoms with van der Waals surface area (Å²) < 4.78 is 38.2. The van der Waals surface area contributed by atoms with Crippen molar-refractivity contribution < 1.29 is 51.5 Å². The number of fused-ring (bicyclic) bond motifs is 15. The molecule has 0 atom stereocenters. The normalized spacial score (nSPS) is 11.5. The number of imide groups is 1. The first-order valence-corrected chi connectivity index (χ1v) is 36.2.